The highest BCUT2D eigenvalue weighted by atomic mass is 16.2. The quantitative estimate of drug-likeness (QED) is 0.831. The Balaban J connectivity index is 2.78. The van der Waals surface area contributed by atoms with Crippen LogP contribution in [0.15, 0.2) is 24.3 Å². The van der Waals surface area contributed by atoms with E-state index in [1.807, 2.05) is 12.1 Å². The highest BCUT2D eigenvalue weighted by Crippen LogP contribution is 2.24. The predicted molar refractivity (Wildman–Crippen MR) is 81.4 cm³/mol. The van der Waals surface area contributed by atoms with Crippen molar-refractivity contribution in [1.82, 2.24) is 5.32 Å². The second-order valence-electron chi connectivity index (χ2n) is 5.98. The zero-order valence-electron chi connectivity index (χ0n) is 12.7. The number of hydrogen-bond donors (Lipinski definition) is 2. The molecule has 3 heteroatoms. The van der Waals surface area contributed by atoms with Gasteiger partial charge in [0, 0.05) is 12.1 Å². The predicted octanol–water partition coefficient (Wildman–Crippen LogP) is 2.44. The molecule has 0 radical (unpaired) electrons. The Hall–Kier alpha value is -1.79. The molecule has 3 nitrogen and oxygen atoms in total. The van der Waals surface area contributed by atoms with Gasteiger partial charge in [0.25, 0.3) is 5.91 Å². The van der Waals surface area contributed by atoms with Gasteiger partial charge in [0.05, 0.1) is 5.56 Å². The molecule has 1 amide bonds. The summed E-state index contributed by atoms with van der Waals surface area (Å²) in [6.45, 7) is 9.01. The Labute approximate surface area is 121 Å². The Morgan fingerprint density at radius 1 is 1.35 bits per heavy atom. The first-order chi connectivity index (χ1) is 9.36. The van der Waals surface area contributed by atoms with Crippen molar-refractivity contribution in [2.75, 3.05) is 13.2 Å². The summed E-state index contributed by atoms with van der Waals surface area (Å²) in [5.41, 5.74) is 1.35. The highest BCUT2D eigenvalue weighted by molar-refractivity contribution is 5.96. The van der Waals surface area contributed by atoms with Crippen LogP contribution in [0, 0.1) is 23.2 Å². The summed E-state index contributed by atoms with van der Waals surface area (Å²) in [6.07, 6.45) is 0. The van der Waals surface area contributed by atoms with Crippen LogP contribution in [0.1, 0.15) is 43.6 Å². The Bertz CT molecular complexity index is 518. The molecule has 20 heavy (non-hydrogen) atoms. The first-order valence-corrected chi connectivity index (χ1v) is 6.83. The normalized spacial score (nSPS) is 12.2. The topological polar surface area (TPSA) is 49.3 Å². The summed E-state index contributed by atoms with van der Waals surface area (Å²) in [5, 5.41) is 11.7. The average Bonchev–Trinajstić information content (AvgIpc) is 2.41. The van der Waals surface area contributed by atoms with Crippen molar-refractivity contribution in [3.05, 3.63) is 35.4 Å². The lowest BCUT2D eigenvalue weighted by Crippen LogP contribution is -2.34. The number of aliphatic hydroxyl groups excluding tert-OH is 1. The van der Waals surface area contributed by atoms with Crippen LogP contribution in [0.4, 0.5) is 0 Å². The average molecular weight is 273 g/mol. The largest absolute Gasteiger partial charge is 0.384 e. The van der Waals surface area contributed by atoms with Crippen molar-refractivity contribution in [3.63, 3.8) is 0 Å². The molecule has 0 aliphatic carbocycles. The fourth-order valence-electron chi connectivity index (χ4n) is 1.57. The van der Waals surface area contributed by atoms with E-state index >= 15 is 0 Å². The molecular formula is C17H23NO2. The van der Waals surface area contributed by atoms with Gasteiger partial charge in [0.1, 0.15) is 6.61 Å². The minimum atomic E-state index is -0.211. The number of rotatable bonds is 3. The second-order valence-corrected chi connectivity index (χ2v) is 5.98. The summed E-state index contributed by atoms with van der Waals surface area (Å²) >= 11 is 0. The van der Waals surface area contributed by atoms with Crippen LogP contribution in [0.2, 0.25) is 0 Å². The van der Waals surface area contributed by atoms with E-state index in [-0.39, 0.29) is 17.9 Å². The number of amides is 1. The molecule has 0 aromatic heterocycles. The van der Waals surface area contributed by atoms with Crippen molar-refractivity contribution < 1.29 is 9.90 Å². The molecule has 108 valence electrons. The van der Waals surface area contributed by atoms with Crippen LogP contribution in [-0.2, 0) is 0 Å². The lowest BCUT2D eigenvalue weighted by Gasteiger charge is -2.27. The molecule has 2 N–H and O–H groups in total. The third-order valence-corrected chi connectivity index (χ3v) is 3.52. The van der Waals surface area contributed by atoms with Crippen LogP contribution >= 0.6 is 0 Å². The number of carbonyl (C=O) groups is 1. The molecule has 0 bridgehead atoms. The maximum absolute atomic E-state index is 12.2. The van der Waals surface area contributed by atoms with Crippen molar-refractivity contribution in [2.24, 2.45) is 11.3 Å². The fraction of sp³-hybridized carbons (Fsp3) is 0.471. The van der Waals surface area contributed by atoms with E-state index < -0.39 is 0 Å². The van der Waals surface area contributed by atoms with Crippen LogP contribution < -0.4 is 5.32 Å². The van der Waals surface area contributed by atoms with E-state index in [1.54, 1.807) is 12.1 Å². The van der Waals surface area contributed by atoms with Crippen molar-refractivity contribution in [2.45, 2.75) is 27.7 Å². The number of benzene rings is 1. The van der Waals surface area contributed by atoms with Gasteiger partial charge in [-0.25, -0.2) is 0 Å². The lowest BCUT2D eigenvalue weighted by atomic mass is 9.82. The molecule has 1 unspecified atom stereocenters. The first-order valence-electron chi connectivity index (χ1n) is 6.83. The molecular weight excluding hydrogens is 250 g/mol. The molecule has 1 atom stereocenters. The van der Waals surface area contributed by atoms with E-state index in [2.05, 4.69) is 44.9 Å². The molecule has 1 rings (SSSR count). The van der Waals surface area contributed by atoms with Gasteiger partial charge in [0.15, 0.2) is 0 Å². The third-order valence-electron chi connectivity index (χ3n) is 3.52. The highest BCUT2D eigenvalue weighted by Gasteiger charge is 2.20. The van der Waals surface area contributed by atoms with Gasteiger partial charge >= 0.3 is 0 Å². The lowest BCUT2D eigenvalue weighted by molar-refractivity contribution is 0.0937. The molecule has 0 heterocycles. The monoisotopic (exact) mass is 273 g/mol. The van der Waals surface area contributed by atoms with E-state index in [4.69, 9.17) is 5.11 Å². The van der Waals surface area contributed by atoms with Gasteiger partial charge in [-0.15, -0.1) is 0 Å². The van der Waals surface area contributed by atoms with Gasteiger partial charge in [-0.2, -0.15) is 0 Å². The Kier molecular flexibility index (Phi) is 5.79. The van der Waals surface area contributed by atoms with Gasteiger partial charge < -0.3 is 10.4 Å². The number of carbonyl (C=O) groups excluding carboxylic acids is 1. The summed E-state index contributed by atoms with van der Waals surface area (Å²) < 4.78 is 0. The minimum Gasteiger partial charge on any atom is -0.384 e. The van der Waals surface area contributed by atoms with E-state index in [0.717, 1.165) is 0 Å². The van der Waals surface area contributed by atoms with Crippen LogP contribution in [0.5, 0.6) is 0 Å². The molecule has 0 fully saturated rings. The van der Waals surface area contributed by atoms with Crippen molar-refractivity contribution in [3.8, 4) is 11.8 Å². The van der Waals surface area contributed by atoms with Gasteiger partial charge in [-0.1, -0.05) is 51.7 Å². The van der Waals surface area contributed by atoms with Crippen molar-refractivity contribution >= 4 is 5.91 Å². The zero-order chi connectivity index (χ0) is 15.2. The Morgan fingerprint density at radius 2 is 2.00 bits per heavy atom. The molecule has 0 aliphatic heterocycles. The molecule has 0 spiro atoms. The first kappa shape index (κ1) is 16.3. The molecule has 1 aromatic carbocycles. The van der Waals surface area contributed by atoms with Crippen molar-refractivity contribution in [1.29, 1.82) is 0 Å². The molecule has 1 aromatic rings. The molecule has 0 saturated heterocycles. The zero-order valence-corrected chi connectivity index (χ0v) is 12.7. The third kappa shape index (κ3) is 4.71. The van der Waals surface area contributed by atoms with Gasteiger partial charge in [-0.3, -0.25) is 4.79 Å². The second kappa shape index (κ2) is 7.12. The Morgan fingerprint density at radius 3 is 2.60 bits per heavy atom. The maximum atomic E-state index is 12.2. The summed E-state index contributed by atoms with van der Waals surface area (Å²) in [5.74, 6) is 5.63. The fourth-order valence-corrected chi connectivity index (χ4v) is 1.57. The number of nitrogens with one attached hydrogen (secondary N) is 1. The SMILES string of the molecule is CC(CNC(=O)c1ccccc1C#CCO)C(C)(C)C. The minimum absolute atomic E-state index is 0.121. The van der Waals surface area contributed by atoms with E-state index in [9.17, 15) is 4.79 Å². The number of hydrogen-bond acceptors (Lipinski definition) is 2. The number of aliphatic hydroxyl groups is 1. The van der Waals surface area contributed by atoms with E-state index in [0.29, 0.717) is 23.6 Å². The molecule has 0 aliphatic rings. The van der Waals surface area contributed by atoms with Crippen LogP contribution in [0.3, 0.4) is 0 Å². The maximum Gasteiger partial charge on any atom is 0.252 e. The standard InChI is InChI=1S/C17H23NO2/c1-13(17(2,3)4)12-18-16(20)15-10-6-5-8-14(15)9-7-11-19/h5-6,8,10,13,19H,11-12H2,1-4H3,(H,18,20). The van der Waals surface area contributed by atoms with Crippen LogP contribution in [0.25, 0.3) is 0 Å². The summed E-state index contributed by atoms with van der Waals surface area (Å²) in [7, 11) is 0. The summed E-state index contributed by atoms with van der Waals surface area (Å²) in [4.78, 5) is 12.2. The van der Waals surface area contributed by atoms with Gasteiger partial charge in [-0.05, 0) is 23.5 Å². The van der Waals surface area contributed by atoms with Gasteiger partial charge in [0.2, 0.25) is 0 Å². The molecule has 0 saturated carbocycles. The van der Waals surface area contributed by atoms with E-state index in [1.165, 1.54) is 0 Å². The smallest absolute Gasteiger partial charge is 0.252 e. The summed E-state index contributed by atoms with van der Waals surface area (Å²) in [6, 6.07) is 7.17. The van der Waals surface area contributed by atoms with Crippen LogP contribution in [-0.4, -0.2) is 24.2 Å².